The van der Waals surface area contributed by atoms with Gasteiger partial charge >= 0.3 is 6.09 Å². The van der Waals surface area contributed by atoms with Gasteiger partial charge in [0.05, 0.1) is 0 Å². The van der Waals surface area contributed by atoms with Crippen LogP contribution in [0.2, 0.25) is 0 Å². The zero-order valence-corrected chi connectivity index (χ0v) is 14.6. The highest BCUT2D eigenvalue weighted by Crippen LogP contribution is 2.16. The predicted octanol–water partition coefficient (Wildman–Crippen LogP) is 3.94. The maximum Gasteiger partial charge on any atom is 0.410 e. The van der Waals surface area contributed by atoms with Crippen molar-refractivity contribution in [3.8, 4) is 0 Å². The first kappa shape index (κ1) is 18.3. The lowest BCUT2D eigenvalue weighted by Gasteiger charge is -2.35. The van der Waals surface area contributed by atoms with Crippen LogP contribution in [0.15, 0.2) is 0 Å². The van der Waals surface area contributed by atoms with Crippen LogP contribution in [0.25, 0.3) is 0 Å². The van der Waals surface area contributed by atoms with Crippen LogP contribution in [0.4, 0.5) is 4.79 Å². The Kier molecular flexibility index (Phi) is 7.50. The van der Waals surface area contributed by atoms with Crippen molar-refractivity contribution in [3.05, 3.63) is 0 Å². The van der Waals surface area contributed by atoms with Gasteiger partial charge in [-0.15, -0.1) is 0 Å². The maximum atomic E-state index is 12.0. The average Bonchev–Trinajstić information content (AvgIpc) is 2.38. The van der Waals surface area contributed by atoms with Crippen LogP contribution in [0.3, 0.4) is 0 Å². The fraction of sp³-hybridized carbons (Fsp3) is 0.941. The number of piperidine rings is 1. The summed E-state index contributed by atoms with van der Waals surface area (Å²) in [5, 5.41) is 3.71. The Morgan fingerprint density at radius 1 is 1.29 bits per heavy atom. The van der Waals surface area contributed by atoms with Crippen LogP contribution in [0.1, 0.15) is 73.1 Å². The van der Waals surface area contributed by atoms with Crippen LogP contribution in [0, 0.1) is 0 Å². The molecule has 0 spiro atoms. The molecule has 1 heterocycles. The Bertz CT molecular complexity index is 304. The Labute approximate surface area is 130 Å². The number of nitrogens with one attached hydrogen (secondary N) is 1. The van der Waals surface area contributed by atoms with E-state index >= 15 is 0 Å². The van der Waals surface area contributed by atoms with Crippen LogP contribution in [-0.2, 0) is 4.74 Å². The van der Waals surface area contributed by atoms with E-state index in [2.05, 4.69) is 19.2 Å². The fourth-order valence-electron chi connectivity index (χ4n) is 2.74. The lowest BCUT2D eigenvalue weighted by Crippen LogP contribution is -2.48. The molecule has 4 heteroatoms. The van der Waals surface area contributed by atoms with E-state index in [9.17, 15) is 4.79 Å². The molecule has 0 bridgehead atoms. The van der Waals surface area contributed by atoms with Crippen molar-refractivity contribution in [1.82, 2.24) is 10.2 Å². The monoisotopic (exact) mass is 298 g/mol. The molecule has 0 radical (unpaired) electrons. The molecule has 1 atom stereocenters. The van der Waals surface area contributed by atoms with Gasteiger partial charge in [0.15, 0.2) is 0 Å². The summed E-state index contributed by atoms with van der Waals surface area (Å²) >= 11 is 0. The second-order valence-electron chi connectivity index (χ2n) is 7.31. The Balaban J connectivity index is 2.24. The Morgan fingerprint density at radius 3 is 2.43 bits per heavy atom. The predicted molar refractivity (Wildman–Crippen MR) is 87.6 cm³/mol. The maximum absolute atomic E-state index is 12.0. The minimum Gasteiger partial charge on any atom is -0.444 e. The van der Waals surface area contributed by atoms with Gasteiger partial charge in [0.2, 0.25) is 0 Å². The van der Waals surface area contributed by atoms with E-state index in [1.54, 1.807) is 0 Å². The molecule has 1 fully saturated rings. The molecular formula is C17H34N2O2. The molecule has 0 aromatic heterocycles. The van der Waals surface area contributed by atoms with Crippen molar-refractivity contribution in [1.29, 1.82) is 0 Å². The normalized spacial score (nSPS) is 18.6. The largest absolute Gasteiger partial charge is 0.444 e. The lowest BCUT2D eigenvalue weighted by molar-refractivity contribution is 0.0196. The summed E-state index contributed by atoms with van der Waals surface area (Å²) in [6.45, 7) is 11.9. The topological polar surface area (TPSA) is 41.6 Å². The number of carbonyl (C=O) groups excluding carboxylic acids is 1. The quantitative estimate of drug-likeness (QED) is 0.755. The molecule has 21 heavy (non-hydrogen) atoms. The zero-order chi connectivity index (χ0) is 15.9. The van der Waals surface area contributed by atoms with Crippen LogP contribution in [0.5, 0.6) is 0 Å². The van der Waals surface area contributed by atoms with Crippen molar-refractivity contribution in [2.75, 3.05) is 13.1 Å². The number of hydrogen-bond acceptors (Lipinski definition) is 3. The highest BCUT2D eigenvalue weighted by molar-refractivity contribution is 5.68. The van der Waals surface area contributed by atoms with Crippen molar-refractivity contribution in [2.24, 2.45) is 0 Å². The molecule has 1 unspecified atom stereocenters. The van der Waals surface area contributed by atoms with Gasteiger partial charge in [-0.3, -0.25) is 0 Å². The number of carbonyl (C=O) groups is 1. The van der Waals surface area contributed by atoms with Crippen LogP contribution >= 0.6 is 0 Å². The summed E-state index contributed by atoms with van der Waals surface area (Å²) in [7, 11) is 0. The molecule has 1 aliphatic rings. The highest BCUT2D eigenvalue weighted by atomic mass is 16.6. The minimum atomic E-state index is -0.403. The second kappa shape index (κ2) is 8.62. The molecule has 1 aliphatic heterocycles. The Hall–Kier alpha value is -0.770. The third-order valence-electron chi connectivity index (χ3n) is 3.91. The molecule has 1 saturated heterocycles. The average molecular weight is 298 g/mol. The second-order valence-corrected chi connectivity index (χ2v) is 7.31. The van der Waals surface area contributed by atoms with Gasteiger partial charge in [-0.2, -0.15) is 0 Å². The first-order chi connectivity index (χ1) is 9.81. The minimum absolute atomic E-state index is 0.169. The van der Waals surface area contributed by atoms with E-state index in [0.717, 1.165) is 25.9 Å². The number of unbranched alkanes of at least 4 members (excludes halogenated alkanes) is 2. The molecule has 1 rings (SSSR count). The van der Waals surface area contributed by atoms with Gasteiger partial charge in [-0.05, 0) is 47.0 Å². The van der Waals surface area contributed by atoms with E-state index in [1.165, 1.54) is 25.7 Å². The van der Waals surface area contributed by atoms with Crippen LogP contribution in [-0.4, -0.2) is 41.8 Å². The van der Waals surface area contributed by atoms with Crippen molar-refractivity contribution in [2.45, 2.75) is 90.8 Å². The first-order valence-corrected chi connectivity index (χ1v) is 8.55. The van der Waals surface area contributed by atoms with E-state index < -0.39 is 5.60 Å². The van der Waals surface area contributed by atoms with Gasteiger partial charge in [0.1, 0.15) is 5.60 Å². The Morgan fingerprint density at radius 2 is 1.90 bits per heavy atom. The zero-order valence-electron chi connectivity index (χ0n) is 14.6. The summed E-state index contributed by atoms with van der Waals surface area (Å²) in [6.07, 6.45) is 7.04. The van der Waals surface area contributed by atoms with Gasteiger partial charge < -0.3 is 15.0 Å². The molecule has 0 aromatic rings. The number of likely N-dealkylation sites (tertiary alicyclic amines) is 1. The van der Waals surface area contributed by atoms with Gasteiger partial charge in [0.25, 0.3) is 0 Å². The van der Waals surface area contributed by atoms with Crippen LogP contribution < -0.4 is 5.32 Å². The summed E-state index contributed by atoms with van der Waals surface area (Å²) in [6, 6.07) is 1.12. The first-order valence-electron chi connectivity index (χ1n) is 8.55. The van der Waals surface area contributed by atoms with E-state index in [0.29, 0.717) is 12.1 Å². The highest BCUT2D eigenvalue weighted by Gasteiger charge is 2.27. The molecule has 0 aliphatic carbocycles. The molecule has 1 N–H and O–H groups in total. The summed E-state index contributed by atoms with van der Waals surface area (Å²) in [5.74, 6) is 0. The smallest absolute Gasteiger partial charge is 0.410 e. The number of amides is 1. The standard InChI is InChI=1S/C17H34N2O2/c1-6-7-8-9-14(2)18-15-10-12-19(13-11-15)16(20)21-17(3,4)5/h14-15,18H,6-13H2,1-5H3. The molecule has 1 amide bonds. The fourth-order valence-corrected chi connectivity index (χ4v) is 2.74. The van der Waals surface area contributed by atoms with Gasteiger partial charge in [0, 0.05) is 25.2 Å². The van der Waals surface area contributed by atoms with Gasteiger partial charge in [-0.1, -0.05) is 26.2 Å². The molecule has 124 valence electrons. The van der Waals surface area contributed by atoms with E-state index in [1.807, 2.05) is 25.7 Å². The van der Waals surface area contributed by atoms with E-state index in [4.69, 9.17) is 4.74 Å². The SMILES string of the molecule is CCCCCC(C)NC1CCN(C(=O)OC(C)(C)C)CC1. The van der Waals surface area contributed by atoms with Crippen molar-refractivity contribution < 1.29 is 9.53 Å². The molecule has 4 nitrogen and oxygen atoms in total. The van der Waals surface area contributed by atoms with Crippen molar-refractivity contribution in [3.63, 3.8) is 0 Å². The molecule has 0 saturated carbocycles. The number of ether oxygens (including phenoxy) is 1. The molecular weight excluding hydrogens is 264 g/mol. The number of nitrogens with zero attached hydrogens (tertiary/aromatic N) is 1. The van der Waals surface area contributed by atoms with Crippen molar-refractivity contribution >= 4 is 6.09 Å². The summed E-state index contributed by atoms with van der Waals surface area (Å²) < 4.78 is 5.43. The summed E-state index contributed by atoms with van der Waals surface area (Å²) in [4.78, 5) is 13.8. The number of rotatable bonds is 6. The third-order valence-corrected chi connectivity index (χ3v) is 3.91. The van der Waals surface area contributed by atoms with E-state index in [-0.39, 0.29) is 6.09 Å². The molecule has 0 aromatic carbocycles. The summed E-state index contributed by atoms with van der Waals surface area (Å²) in [5.41, 5.74) is -0.403. The number of hydrogen-bond donors (Lipinski definition) is 1. The lowest BCUT2D eigenvalue weighted by atomic mass is 10.0. The third kappa shape index (κ3) is 7.70. The van der Waals surface area contributed by atoms with Gasteiger partial charge in [-0.25, -0.2) is 4.79 Å².